The second-order valence-corrected chi connectivity index (χ2v) is 7.98. The smallest absolute Gasteiger partial charge is 0.305 e. The normalized spacial score (nSPS) is 18.1. The molecule has 0 bridgehead atoms. The van der Waals surface area contributed by atoms with Gasteiger partial charge in [0.15, 0.2) is 5.11 Å². The summed E-state index contributed by atoms with van der Waals surface area (Å²) in [4.78, 5) is 18.4. The van der Waals surface area contributed by atoms with Crippen LogP contribution in [0.25, 0.3) is 5.69 Å². The first-order valence-electron chi connectivity index (χ1n) is 10.4. The summed E-state index contributed by atoms with van der Waals surface area (Å²) in [5, 5.41) is 4.14. The van der Waals surface area contributed by atoms with Crippen molar-refractivity contribution in [2.75, 3.05) is 13.7 Å². The lowest BCUT2D eigenvalue weighted by Crippen LogP contribution is -2.31. The summed E-state index contributed by atoms with van der Waals surface area (Å²) in [5.41, 5.74) is 4.38. The molecular weight excluding hydrogens is 408 g/mol. The third-order valence-corrected chi connectivity index (χ3v) is 6.02. The number of ether oxygens (including phenoxy) is 1. The molecular formula is C24H26N4O2S. The average Bonchev–Trinajstić information content (AvgIpc) is 3.39. The summed E-state index contributed by atoms with van der Waals surface area (Å²) in [6.45, 7) is 2.76. The number of pyridine rings is 1. The van der Waals surface area contributed by atoms with Crippen LogP contribution in [0.15, 0.2) is 67.0 Å². The van der Waals surface area contributed by atoms with E-state index < -0.39 is 0 Å². The van der Waals surface area contributed by atoms with Crippen LogP contribution in [0.5, 0.6) is 0 Å². The predicted octanol–water partition coefficient (Wildman–Crippen LogP) is 4.11. The zero-order valence-electron chi connectivity index (χ0n) is 17.7. The van der Waals surface area contributed by atoms with E-state index in [1.54, 1.807) is 6.20 Å². The van der Waals surface area contributed by atoms with E-state index in [1.165, 1.54) is 12.7 Å². The van der Waals surface area contributed by atoms with Gasteiger partial charge >= 0.3 is 5.97 Å². The average molecular weight is 435 g/mol. The number of hydrogen-bond acceptors (Lipinski definition) is 4. The Hall–Kier alpha value is -3.19. The van der Waals surface area contributed by atoms with Gasteiger partial charge < -0.3 is 19.5 Å². The standard InChI is InChI=1S/C24H26N4O2S/c1-17-9-3-4-11-19(17)27-15-7-12-20(27)23-22(18-10-5-6-14-25-18)26-24(31)28(23)16-8-13-21(29)30-2/h3-7,9-12,14-15,22-23H,8,13,16H2,1-2H3,(H,26,31)/t22-,23+/m1/s1. The van der Waals surface area contributed by atoms with Gasteiger partial charge in [0, 0.05) is 36.7 Å². The first-order chi connectivity index (χ1) is 15.1. The minimum absolute atomic E-state index is 0.0605. The van der Waals surface area contributed by atoms with Crippen LogP contribution >= 0.6 is 12.2 Å². The molecule has 0 spiro atoms. The molecule has 4 rings (SSSR count). The van der Waals surface area contributed by atoms with E-state index in [1.807, 2.05) is 30.3 Å². The highest BCUT2D eigenvalue weighted by atomic mass is 32.1. The van der Waals surface area contributed by atoms with Crippen LogP contribution in [0, 0.1) is 6.92 Å². The van der Waals surface area contributed by atoms with Crippen LogP contribution in [0.2, 0.25) is 0 Å². The molecule has 7 heteroatoms. The topological polar surface area (TPSA) is 59.4 Å². The largest absolute Gasteiger partial charge is 0.469 e. The second-order valence-electron chi connectivity index (χ2n) is 7.59. The minimum Gasteiger partial charge on any atom is -0.469 e. The van der Waals surface area contributed by atoms with Crippen molar-refractivity contribution in [3.63, 3.8) is 0 Å². The molecule has 1 fully saturated rings. The van der Waals surface area contributed by atoms with Crippen LogP contribution in [0.1, 0.15) is 41.9 Å². The number of para-hydroxylation sites is 1. The number of nitrogens with one attached hydrogen (secondary N) is 1. The highest BCUT2D eigenvalue weighted by Crippen LogP contribution is 2.39. The Kier molecular flexibility index (Phi) is 6.32. The SMILES string of the molecule is COC(=O)CCCN1C(=S)N[C@H](c2ccccn2)[C@@H]1c1cccn1-c1ccccc1C. The Bertz CT molecular complexity index is 1070. The number of hydrogen-bond donors (Lipinski definition) is 1. The van der Waals surface area contributed by atoms with Gasteiger partial charge in [-0.15, -0.1) is 0 Å². The second kappa shape index (κ2) is 9.31. The van der Waals surface area contributed by atoms with Gasteiger partial charge in [0.05, 0.1) is 24.9 Å². The summed E-state index contributed by atoms with van der Waals surface area (Å²) in [7, 11) is 1.42. The van der Waals surface area contributed by atoms with Gasteiger partial charge in [0.25, 0.3) is 0 Å². The summed E-state index contributed by atoms with van der Waals surface area (Å²) in [5.74, 6) is -0.209. The predicted molar refractivity (Wildman–Crippen MR) is 124 cm³/mol. The lowest BCUT2D eigenvalue weighted by molar-refractivity contribution is -0.140. The number of rotatable bonds is 7. The molecule has 160 valence electrons. The van der Waals surface area contributed by atoms with Gasteiger partial charge in [-0.05, 0) is 61.5 Å². The van der Waals surface area contributed by atoms with Gasteiger partial charge in [0.2, 0.25) is 0 Å². The van der Waals surface area contributed by atoms with E-state index in [2.05, 4.69) is 57.2 Å². The Balaban J connectivity index is 1.73. The third-order valence-electron chi connectivity index (χ3n) is 5.66. The van der Waals surface area contributed by atoms with Gasteiger partial charge in [-0.1, -0.05) is 24.3 Å². The highest BCUT2D eigenvalue weighted by molar-refractivity contribution is 7.80. The van der Waals surface area contributed by atoms with E-state index in [9.17, 15) is 4.79 Å². The summed E-state index contributed by atoms with van der Waals surface area (Å²) < 4.78 is 7.02. The van der Waals surface area contributed by atoms with Gasteiger partial charge in [0.1, 0.15) is 0 Å². The van der Waals surface area contributed by atoms with Crippen LogP contribution < -0.4 is 5.32 Å². The molecule has 0 aliphatic carbocycles. The van der Waals surface area contributed by atoms with Crippen molar-refractivity contribution in [1.82, 2.24) is 19.8 Å². The summed E-state index contributed by atoms with van der Waals surface area (Å²) in [6, 6.07) is 18.3. The molecule has 2 atom stereocenters. The molecule has 0 unspecified atom stereocenters. The lowest BCUT2D eigenvalue weighted by atomic mass is 10.0. The Morgan fingerprint density at radius 1 is 1.16 bits per heavy atom. The molecule has 3 aromatic rings. The molecule has 6 nitrogen and oxygen atoms in total. The van der Waals surface area contributed by atoms with Crippen LogP contribution in [-0.2, 0) is 9.53 Å². The number of esters is 1. The number of thiocarbonyl (C=S) groups is 1. The van der Waals surface area contributed by atoms with Crippen molar-refractivity contribution >= 4 is 23.3 Å². The maximum atomic E-state index is 11.6. The molecule has 31 heavy (non-hydrogen) atoms. The first-order valence-corrected chi connectivity index (χ1v) is 10.8. The molecule has 1 aromatic carbocycles. The Morgan fingerprint density at radius 3 is 2.71 bits per heavy atom. The number of carbonyl (C=O) groups is 1. The van der Waals surface area contributed by atoms with Gasteiger partial charge in [-0.2, -0.15) is 0 Å². The van der Waals surface area contributed by atoms with Crippen molar-refractivity contribution in [3.05, 3.63) is 83.9 Å². The maximum absolute atomic E-state index is 11.6. The van der Waals surface area contributed by atoms with E-state index in [0.717, 1.165) is 17.1 Å². The van der Waals surface area contributed by atoms with Crippen LogP contribution in [0.3, 0.4) is 0 Å². The number of benzene rings is 1. The lowest BCUT2D eigenvalue weighted by Gasteiger charge is -2.29. The van der Waals surface area contributed by atoms with Crippen molar-refractivity contribution < 1.29 is 9.53 Å². The minimum atomic E-state index is -0.209. The zero-order valence-corrected chi connectivity index (χ0v) is 18.5. The molecule has 2 aromatic heterocycles. The summed E-state index contributed by atoms with van der Waals surface area (Å²) in [6.07, 6.45) is 4.90. The maximum Gasteiger partial charge on any atom is 0.305 e. The van der Waals surface area contributed by atoms with E-state index >= 15 is 0 Å². The number of nitrogens with zero attached hydrogens (tertiary/aromatic N) is 3. The molecule has 0 radical (unpaired) electrons. The Labute approximate surface area is 187 Å². The first kappa shape index (κ1) is 21.1. The molecule has 1 saturated heterocycles. The monoisotopic (exact) mass is 434 g/mol. The molecule has 0 amide bonds. The summed E-state index contributed by atoms with van der Waals surface area (Å²) >= 11 is 5.72. The fourth-order valence-corrected chi connectivity index (χ4v) is 4.48. The third kappa shape index (κ3) is 4.32. The fraction of sp³-hybridized carbons (Fsp3) is 0.292. The molecule has 1 aliphatic heterocycles. The molecule has 1 N–H and O–H groups in total. The van der Waals surface area contributed by atoms with Gasteiger partial charge in [-0.3, -0.25) is 9.78 Å². The number of carbonyl (C=O) groups excluding carboxylic acids is 1. The number of methoxy groups -OCH3 is 1. The van der Waals surface area contributed by atoms with Crippen LogP contribution in [0.4, 0.5) is 0 Å². The van der Waals surface area contributed by atoms with E-state index in [-0.39, 0.29) is 18.1 Å². The highest BCUT2D eigenvalue weighted by Gasteiger charge is 2.41. The zero-order chi connectivity index (χ0) is 21.8. The quantitative estimate of drug-likeness (QED) is 0.446. The number of aryl methyl sites for hydroxylation is 1. The van der Waals surface area contributed by atoms with Crippen molar-refractivity contribution in [3.8, 4) is 5.69 Å². The van der Waals surface area contributed by atoms with Crippen molar-refractivity contribution in [1.29, 1.82) is 0 Å². The van der Waals surface area contributed by atoms with Crippen molar-refractivity contribution in [2.24, 2.45) is 0 Å². The van der Waals surface area contributed by atoms with Crippen LogP contribution in [-0.4, -0.2) is 39.2 Å². The molecule has 0 saturated carbocycles. The fourth-order valence-electron chi connectivity index (χ4n) is 4.15. The van der Waals surface area contributed by atoms with Crippen molar-refractivity contribution in [2.45, 2.75) is 31.8 Å². The number of aromatic nitrogens is 2. The molecule has 3 heterocycles. The molecule has 1 aliphatic rings. The van der Waals surface area contributed by atoms with Gasteiger partial charge in [-0.25, -0.2) is 0 Å². The Morgan fingerprint density at radius 2 is 1.97 bits per heavy atom. The van der Waals surface area contributed by atoms with E-state index in [4.69, 9.17) is 17.0 Å². The van der Waals surface area contributed by atoms with E-state index in [0.29, 0.717) is 24.5 Å².